The van der Waals surface area contributed by atoms with Crippen LogP contribution in [0.3, 0.4) is 0 Å². The lowest BCUT2D eigenvalue weighted by Gasteiger charge is -2.27. The molecule has 1 heterocycles. The predicted octanol–water partition coefficient (Wildman–Crippen LogP) is 2.75. The van der Waals surface area contributed by atoms with E-state index in [0.717, 1.165) is 12.8 Å². The Morgan fingerprint density at radius 2 is 2.10 bits per heavy atom. The molecule has 0 bridgehead atoms. The number of halogens is 1. The number of nitrogens with two attached hydrogens (primary N) is 1. The third-order valence-electron chi connectivity index (χ3n) is 3.90. The van der Waals surface area contributed by atoms with Crippen molar-refractivity contribution in [3.8, 4) is 0 Å². The minimum absolute atomic E-state index is 0.0663. The van der Waals surface area contributed by atoms with E-state index >= 15 is 0 Å². The summed E-state index contributed by atoms with van der Waals surface area (Å²) in [5, 5.41) is 0. The number of furan rings is 1. The third kappa shape index (κ3) is 3.63. The van der Waals surface area contributed by atoms with Crippen molar-refractivity contribution in [1.29, 1.82) is 0 Å². The predicted molar refractivity (Wildman–Crippen MR) is 80.7 cm³/mol. The molecule has 1 atom stereocenters. The maximum Gasteiger partial charge on any atom is 0.245 e. The standard InChI is InChI=1S/C13H21BrN2O3S/c1-9(10-5-3-2-4-6-10)16-20(17,18)12-7-11(8-15)19-13(12)14/h7,9-10,16H,2-6,8,15H2,1H3. The number of rotatable bonds is 5. The normalized spacial score (nSPS) is 19.1. The van der Waals surface area contributed by atoms with Gasteiger partial charge in [-0.25, -0.2) is 13.1 Å². The third-order valence-corrected chi connectivity index (χ3v) is 6.31. The summed E-state index contributed by atoms with van der Waals surface area (Å²) in [7, 11) is -3.57. The molecule has 0 spiro atoms. The summed E-state index contributed by atoms with van der Waals surface area (Å²) < 4.78 is 33.0. The molecule has 0 aliphatic heterocycles. The highest BCUT2D eigenvalue weighted by Crippen LogP contribution is 2.29. The smallest absolute Gasteiger partial charge is 0.245 e. The maximum absolute atomic E-state index is 12.4. The second kappa shape index (κ2) is 6.60. The first-order valence-electron chi connectivity index (χ1n) is 6.94. The van der Waals surface area contributed by atoms with Crippen LogP contribution in [0.2, 0.25) is 0 Å². The zero-order chi connectivity index (χ0) is 14.8. The first-order chi connectivity index (χ1) is 9.44. The van der Waals surface area contributed by atoms with Gasteiger partial charge >= 0.3 is 0 Å². The number of hydrogen-bond donors (Lipinski definition) is 2. The van der Waals surface area contributed by atoms with Gasteiger partial charge < -0.3 is 10.2 Å². The zero-order valence-corrected chi connectivity index (χ0v) is 14.0. The molecule has 0 amide bonds. The van der Waals surface area contributed by atoms with Crippen molar-refractivity contribution in [2.75, 3.05) is 0 Å². The minimum atomic E-state index is -3.57. The van der Waals surface area contributed by atoms with Gasteiger partial charge in [-0.05, 0) is 41.6 Å². The van der Waals surface area contributed by atoms with E-state index in [9.17, 15) is 8.42 Å². The Labute approximate surface area is 128 Å². The van der Waals surface area contributed by atoms with Crippen LogP contribution in [0.4, 0.5) is 0 Å². The van der Waals surface area contributed by atoms with Gasteiger partial charge in [0.25, 0.3) is 0 Å². The van der Waals surface area contributed by atoms with Crippen LogP contribution in [0, 0.1) is 5.92 Å². The van der Waals surface area contributed by atoms with Crippen LogP contribution >= 0.6 is 15.9 Å². The van der Waals surface area contributed by atoms with E-state index in [0.29, 0.717) is 11.7 Å². The molecular weight excluding hydrogens is 344 g/mol. The highest BCUT2D eigenvalue weighted by Gasteiger charge is 2.28. The van der Waals surface area contributed by atoms with E-state index < -0.39 is 10.0 Å². The average Bonchev–Trinajstić information content (AvgIpc) is 2.81. The molecule has 3 N–H and O–H groups in total. The molecule has 1 fully saturated rings. The Balaban J connectivity index is 2.11. The fraction of sp³-hybridized carbons (Fsp3) is 0.692. The van der Waals surface area contributed by atoms with Gasteiger partial charge in [-0.2, -0.15) is 0 Å². The number of hydrogen-bond acceptors (Lipinski definition) is 4. The molecule has 1 unspecified atom stereocenters. The van der Waals surface area contributed by atoms with Gasteiger partial charge in [0.2, 0.25) is 10.0 Å². The van der Waals surface area contributed by atoms with E-state index in [1.54, 1.807) is 0 Å². The summed E-state index contributed by atoms with van der Waals surface area (Å²) in [6.45, 7) is 2.11. The van der Waals surface area contributed by atoms with Crippen molar-refractivity contribution in [2.45, 2.75) is 56.5 Å². The van der Waals surface area contributed by atoms with Crippen molar-refractivity contribution in [1.82, 2.24) is 4.72 Å². The van der Waals surface area contributed by atoms with Crippen LogP contribution in [0.1, 0.15) is 44.8 Å². The van der Waals surface area contributed by atoms with Gasteiger partial charge in [0, 0.05) is 12.1 Å². The largest absolute Gasteiger partial charge is 0.452 e. The van der Waals surface area contributed by atoms with Crippen molar-refractivity contribution in [3.63, 3.8) is 0 Å². The molecule has 5 nitrogen and oxygen atoms in total. The highest BCUT2D eigenvalue weighted by atomic mass is 79.9. The topological polar surface area (TPSA) is 85.3 Å². The molecule has 7 heteroatoms. The summed E-state index contributed by atoms with van der Waals surface area (Å²) in [4.78, 5) is 0.126. The summed E-state index contributed by atoms with van der Waals surface area (Å²) >= 11 is 3.14. The van der Waals surface area contributed by atoms with E-state index in [1.807, 2.05) is 6.92 Å². The Hall–Kier alpha value is -0.370. The maximum atomic E-state index is 12.4. The van der Waals surface area contributed by atoms with Crippen molar-refractivity contribution in [3.05, 3.63) is 16.5 Å². The van der Waals surface area contributed by atoms with Crippen LogP contribution in [-0.4, -0.2) is 14.5 Å². The van der Waals surface area contributed by atoms with Crippen molar-refractivity contribution >= 4 is 26.0 Å². The van der Waals surface area contributed by atoms with E-state index in [4.69, 9.17) is 10.2 Å². The van der Waals surface area contributed by atoms with Crippen molar-refractivity contribution < 1.29 is 12.8 Å². The minimum Gasteiger partial charge on any atom is -0.452 e. The Kier molecular flexibility index (Phi) is 5.28. The van der Waals surface area contributed by atoms with Gasteiger partial charge in [-0.1, -0.05) is 19.3 Å². The second-order valence-corrected chi connectivity index (χ2v) is 7.77. The van der Waals surface area contributed by atoms with Crippen LogP contribution in [0.5, 0.6) is 0 Å². The SMILES string of the molecule is CC(NS(=O)(=O)c1cc(CN)oc1Br)C1CCCCC1. The van der Waals surface area contributed by atoms with Gasteiger partial charge in [-0.15, -0.1) is 0 Å². The van der Waals surface area contributed by atoms with Crippen molar-refractivity contribution in [2.24, 2.45) is 11.7 Å². The lowest BCUT2D eigenvalue weighted by atomic mass is 9.85. The molecule has 1 aliphatic carbocycles. The van der Waals surface area contributed by atoms with Gasteiger partial charge in [0.05, 0.1) is 6.54 Å². The Bertz CT molecular complexity index is 550. The molecule has 114 valence electrons. The molecule has 2 rings (SSSR count). The molecule has 0 radical (unpaired) electrons. The lowest BCUT2D eigenvalue weighted by Crippen LogP contribution is -2.38. The molecular formula is C13H21BrN2O3S. The van der Waals surface area contributed by atoms with Crippen LogP contribution in [0.25, 0.3) is 0 Å². The van der Waals surface area contributed by atoms with Crippen LogP contribution in [0.15, 0.2) is 20.0 Å². The lowest BCUT2D eigenvalue weighted by molar-refractivity contribution is 0.303. The van der Waals surface area contributed by atoms with Gasteiger partial charge in [0.1, 0.15) is 10.7 Å². The molecule has 20 heavy (non-hydrogen) atoms. The fourth-order valence-electron chi connectivity index (χ4n) is 2.72. The summed E-state index contributed by atoms with van der Waals surface area (Å²) in [6.07, 6.45) is 5.80. The molecule has 1 saturated carbocycles. The zero-order valence-electron chi connectivity index (χ0n) is 11.6. The molecule has 1 aliphatic rings. The van der Waals surface area contributed by atoms with Gasteiger partial charge in [-0.3, -0.25) is 0 Å². The molecule has 1 aromatic heterocycles. The van der Waals surface area contributed by atoms with E-state index in [-0.39, 0.29) is 22.2 Å². The Morgan fingerprint density at radius 3 is 2.65 bits per heavy atom. The quantitative estimate of drug-likeness (QED) is 0.840. The summed E-state index contributed by atoms with van der Waals surface area (Å²) in [5.74, 6) is 0.862. The first kappa shape index (κ1) is 16.0. The summed E-state index contributed by atoms with van der Waals surface area (Å²) in [6, 6.07) is 1.41. The molecule has 0 aromatic carbocycles. The monoisotopic (exact) mass is 364 g/mol. The number of nitrogens with one attached hydrogen (secondary N) is 1. The van der Waals surface area contributed by atoms with Gasteiger partial charge in [0.15, 0.2) is 4.67 Å². The van der Waals surface area contributed by atoms with E-state index in [2.05, 4.69) is 20.7 Å². The van der Waals surface area contributed by atoms with E-state index in [1.165, 1.54) is 25.3 Å². The van der Waals surface area contributed by atoms with Crippen LogP contribution in [-0.2, 0) is 16.6 Å². The van der Waals surface area contributed by atoms with Crippen LogP contribution < -0.4 is 10.5 Å². The Morgan fingerprint density at radius 1 is 1.45 bits per heavy atom. The second-order valence-electron chi connectivity index (χ2n) is 5.36. The number of sulfonamides is 1. The molecule has 0 saturated heterocycles. The summed E-state index contributed by atoms with van der Waals surface area (Å²) in [5.41, 5.74) is 5.46. The highest BCUT2D eigenvalue weighted by molar-refractivity contribution is 9.10. The fourth-order valence-corrected chi connectivity index (χ4v) is 5.03. The molecule has 1 aromatic rings. The first-order valence-corrected chi connectivity index (χ1v) is 9.22. The average molecular weight is 365 g/mol.